The Bertz CT molecular complexity index is 842. The fourth-order valence-electron chi connectivity index (χ4n) is 2.47. The number of nitro groups is 1. The topological polar surface area (TPSA) is 83.6 Å². The second-order valence-electron chi connectivity index (χ2n) is 5.27. The van der Waals surface area contributed by atoms with Crippen molar-refractivity contribution in [3.8, 4) is 5.75 Å². The number of hydrogen-bond donors (Lipinski definition) is 0. The molecule has 2 aromatic rings. The van der Waals surface area contributed by atoms with E-state index in [-0.39, 0.29) is 23.4 Å². The van der Waals surface area contributed by atoms with Crippen molar-refractivity contribution in [2.45, 2.75) is 20.0 Å². The van der Waals surface area contributed by atoms with Crippen LogP contribution in [0.1, 0.15) is 23.0 Å². The van der Waals surface area contributed by atoms with Gasteiger partial charge >= 0.3 is 12.1 Å². The molecule has 0 aliphatic carbocycles. The molecule has 25 heavy (non-hydrogen) atoms. The minimum absolute atomic E-state index is 0.0121. The average molecular weight is 360 g/mol. The molecule has 1 aromatic carbocycles. The van der Waals surface area contributed by atoms with E-state index >= 15 is 0 Å². The van der Waals surface area contributed by atoms with Crippen LogP contribution in [-0.4, -0.2) is 34.8 Å². The summed E-state index contributed by atoms with van der Waals surface area (Å²) in [6, 6.07) is 2.51. The van der Waals surface area contributed by atoms with Crippen LogP contribution in [0.5, 0.6) is 5.75 Å². The summed E-state index contributed by atoms with van der Waals surface area (Å²) in [5.74, 6) is -1.27. The highest BCUT2D eigenvalue weighted by Crippen LogP contribution is 2.37. The summed E-state index contributed by atoms with van der Waals surface area (Å²) < 4.78 is 48.6. The lowest BCUT2D eigenvalue weighted by molar-refractivity contribution is -0.385. The number of alkyl halides is 3. The molecule has 0 bridgehead atoms. The molecule has 0 saturated carbocycles. The zero-order chi connectivity index (χ0) is 18.9. The Kier molecular flexibility index (Phi) is 4.91. The number of esters is 1. The van der Waals surface area contributed by atoms with Crippen LogP contribution in [0.2, 0.25) is 0 Å². The van der Waals surface area contributed by atoms with Gasteiger partial charge in [-0.15, -0.1) is 0 Å². The van der Waals surface area contributed by atoms with Gasteiger partial charge in [0.15, 0.2) is 18.1 Å². The summed E-state index contributed by atoms with van der Waals surface area (Å²) >= 11 is 0. The molecule has 2 rings (SSSR count). The van der Waals surface area contributed by atoms with Crippen LogP contribution in [0, 0.1) is 17.0 Å². The molecule has 0 N–H and O–H groups in total. The van der Waals surface area contributed by atoms with Crippen molar-refractivity contribution in [2.75, 3.05) is 13.2 Å². The Morgan fingerprint density at radius 3 is 2.52 bits per heavy atom. The van der Waals surface area contributed by atoms with Crippen molar-refractivity contribution < 1.29 is 32.4 Å². The van der Waals surface area contributed by atoms with Gasteiger partial charge in [0.05, 0.1) is 17.0 Å². The molecule has 0 unspecified atom stereocenters. The van der Waals surface area contributed by atoms with Gasteiger partial charge < -0.3 is 14.0 Å². The van der Waals surface area contributed by atoms with Crippen molar-refractivity contribution in [3.05, 3.63) is 33.5 Å². The molecule has 0 fully saturated rings. The summed E-state index contributed by atoms with van der Waals surface area (Å²) in [5.41, 5.74) is 0.102. The first-order valence-corrected chi connectivity index (χ1v) is 7.21. The van der Waals surface area contributed by atoms with Gasteiger partial charge in [0.25, 0.3) is 5.69 Å². The van der Waals surface area contributed by atoms with Crippen molar-refractivity contribution in [2.24, 2.45) is 7.05 Å². The van der Waals surface area contributed by atoms with Gasteiger partial charge in [-0.3, -0.25) is 10.1 Å². The molecule has 1 heterocycles. The highest BCUT2D eigenvalue weighted by Gasteiger charge is 2.32. The highest BCUT2D eigenvalue weighted by molar-refractivity contribution is 6.02. The van der Waals surface area contributed by atoms with Crippen LogP contribution in [0.4, 0.5) is 18.9 Å². The summed E-state index contributed by atoms with van der Waals surface area (Å²) in [5, 5.41) is 11.1. The Morgan fingerprint density at radius 2 is 2.00 bits per heavy atom. The molecule has 136 valence electrons. The third-order valence-electron chi connectivity index (χ3n) is 3.52. The molecule has 10 heteroatoms. The third-order valence-corrected chi connectivity index (χ3v) is 3.52. The lowest BCUT2D eigenvalue weighted by atomic mass is 10.1. The number of halogens is 3. The fourth-order valence-corrected chi connectivity index (χ4v) is 2.47. The SMILES string of the molecule is CCOC(=O)c1c(OCC(F)(F)F)c2cc([N+](=O)[O-])c(C)cc2n1C. The van der Waals surface area contributed by atoms with Crippen LogP contribution >= 0.6 is 0 Å². The van der Waals surface area contributed by atoms with Gasteiger partial charge in [0.2, 0.25) is 0 Å². The molecule has 0 saturated heterocycles. The lowest BCUT2D eigenvalue weighted by Gasteiger charge is -2.11. The predicted octanol–water partition coefficient (Wildman–Crippen LogP) is 3.51. The van der Waals surface area contributed by atoms with Gasteiger partial charge in [-0.1, -0.05) is 0 Å². The first-order chi connectivity index (χ1) is 11.6. The van der Waals surface area contributed by atoms with E-state index in [1.54, 1.807) is 6.92 Å². The molecule has 0 radical (unpaired) electrons. The number of carbonyl (C=O) groups excluding carboxylic acids is 1. The Hall–Kier alpha value is -2.78. The van der Waals surface area contributed by atoms with Crippen molar-refractivity contribution in [1.82, 2.24) is 4.57 Å². The van der Waals surface area contributed by atoms with Crippen LogP contribution in [0.3, 0.4) is 0 Å². The number of ether oxygens (including phenoxy) is 2. The number of aromatic nitrogens is 1. The van der Waals surface area contributed by atoms with Crippen LogP contribution < -0.4 is 4.74 Å². The number of hydrogen-bond acceptors (Lipinski definition) is 5. The average Bonchev–Trinajstić information content (AvgIpc) is 2.75. The summed E-state index contributed by atoms with van der Waals surface area (Å²) in [4.78, 5) is 22.6. The third kappa shape index (κ3) is 3.67. The maximum absolute atomic E-state index is 12.5. The summed E-state index contributed by atoms with van der Waals surface area (Å²) in [6.07, 6.45) is -4.63. The first kappa shape index (κ1) is 18.6. The molecule has 1 aromatic heterocycles. The Morgan fingerprint density at radius 1 is 1.36 bits per heavy atom. The van der Waals surface area contributed by atoms with E-state index in [0.717, 1.165) is 6.07 Å². The smallest absolute Gasteiger partial charge is 0.422 e. The molecule has 7 nitrogen and oxygen atoms in total. The fraction of sp³-hybridized carbons (Fsp3) is 0.400. The molecule has 0 amide bonds. The highest BCUT2D eigenvalue weighted by atomic mass is 19.4. The van der Waals surface area contributed by atoms with Gasteiger partial charge in [-0.2, -0.15) is 13.2 Å². The van der Waals surface area contributed by atoms with Gasteiger partial charge in [-0.05, 0) is 19.9 Å². The van der Waals surface area contributed by atoms with E-state index in [2.05, 4.69) is 0 Å². The minimum atomic E-state index is -4.63. The number of benzene rings is 1. The Labute approximate surface area is 140 Å². The summed E-state index contributed by atoms with van der Waals surface area (Å²) in [6.45, 7) is 1.41. The van der Waals surface area contributed by atoms with E-state index in [9.17, 15) is 28.1 Å². The van der Waals surface area contributed by atoms with Crippen molar-refractivity contribution in [3.63, 3.8) is 0 Å². The van der Waals surface area contributed by atoms with Gasteiger partial charge in [-0.25, -0.2) is 4.79 Å². The van der Waals surface area contributed by atoms with Gasteiger partial charge in [0.1, 0.15) is 0 Å². The molecule has 0 atom stereocenters. The second kappa shape index (κ2) is 6.61. The lowest BCUT2D eigenvalue weighted by Crippen LogP contribution is -2.20. The van der Waals surface area contributed by atoms with E-state index < -0.39 is 29.4 Å². The van der Waals surface area contributed by atoms with Crippen LogP contribution in [-0.2, 0) is 11.8 Å². The standard InChI is InChI=1S/C15H15F3N2O5/c1-4-24-14(21)12-13(25-7-15(16,17)18)9-6-10(20(22)23)8(2)5-11(9)19(12)3/h5-6H,4,7H2,1-3H3. The zero-order valence-electron chi connectivity index (χ0n) is 13.6. The molecule has 0 spiro atoms. The largest absolute Gasteiger partial charge is 0.481 e. The Balaban J connectivity index is 2.73. The predicted molar refractivity (Wildman–Crippen MR) is 81.8 cm³/mol. The maximum Gasteiger partial charge on any atom is 0.422 e. The van der Waals surface area contributed by atoms with Crippen LogP contribution in [0.15, 0.2) is 12.1 Å². The number of aryl methyl sites for hydroxylation is 2. The van der Waals surface area contributed by atoms with E-state index in [1.807, 2.05) is 0 Å². The zero-order valence-corrected chi connectivity index (χ0v) is 13.6. The van der Waals surface area contributed by atoms with Crippen LogP contribution in [0.25, 0.3) is 10.9 Å². The number of nitrogens with zero attached hydrogens (tertiary/aromatic N) is 2. The molecular formula is C15H15F3N2O5. The number of nitro benzene ring substituents is 1. The van der Waals surface area contributed by atoms with E-state index in [0.29, 0.717) is 11.1 Å². The second-order valence-corrected chi connectivity index (χ2v) is 5.27. The molecule has 0 aliphatic rings. The number of rotatable bonds is 5. The maximum atomic E-state index is 12.5. The monoisotopic (exact) mass is 360 g/mol. The summed E-state index contributed by atoms with van der Waals surface area (Å²) in [7, 11) is 1.44. The minimum Gasteiger partial charge on any atom is -0.481 e. The molecular weight excluding hydrogens is 345 g/mol. The van der Waals surface area contributed by atoms with Crippen molar-refractivity contribution >= 4 is 22.6 Å². The van der Waals surface area contributed by atoms with E-state index in [1.165, 1.54) is 24.6 Å². The van der Waals surface area contributed by atoms with Crippen molar-refractivity contribution in [1.29, 1.82) is 0 Å². The first-order valence-electron chi connectivity index (χ1n) is 7.21. The normalized spacial score (nSPS) is 11.6. The number of fused-ring (bicyclic) bond motifs is 1. The molecule has 0 aliphatic heterocycles. The van der Waals surface area contributed by atoms with E-state index in [4.69, 9.17) is 9.47 Å². The van der Waals surface area contributed by atoms with Gasteiger partial charge in [0, 0.05) is 24.1 Å². The quantitative estimate of drug-likeness (QED) is 0.463. The number of carbonyl (C=O) groups is 1.